The number of fused-ring (bicyclic) bond motifs is 1. The number of Topliss-reactive ketones (excluding diaryl/α,β-unsaturated/α-hetero) is 1. The molecule has 0 bridgehead atoms. The maximum atomic E-state index is 13.2. The van der Waals surface area contributed by atoms with E-state index in [0.717, 1.165) is 13.0 Å². The molecule has 12 heteroatoms. The number of hydrogen-bond donors (Lipinski definition) is 1. The highest BCUT2D eigenvalue weighted by Crippen LogP contribution is 2.26. The molecular weight excluding hydrogens is 506 g/mol. The summed E-state index contributed by atoms with van der Waals surface area (Å²) >= 11 is 1.22. The Labute approximate surface area is 223 Å². The van der Waals surface area contributed by atoms with Gasteiger partial charge in [-0.05, 0) is 39.6 Å². The van der Waals surface area contributed by atoms with E-state index in [1.165, 1.54) is 18.3 Å². The van der Waals surface area contributed by atoms with Crippen LogP contribution in [0, 0.1) is 0 Å². The zero-order valence-electron chi connectivity index (χ0n) is 21.2. The summed E-state index contributed by atoms with van der Waals surface area (Å²) in [6.45, 7) is 2.92. The molecule has 0 fully saturated rings. The molecule has 0 aliphatic heterocycles. The monoisotopic (exact) mass is 533 g/mol. The molecule has 0 saturated carbocycles. The molecule has 11 nitrogen and oxygen atoms in total. The number of aromatic nitrogens is 4. The lowest BCUT2D eigenvalue weighted by molar-refractivity contribution is -0.110. The maximum Gasteiger partial charge on any atom is 0.280 e. The number of ether oxygens (including phenoxy) is 1. The van der Waals surface area contributed by atoms with E-state index in [1.807, 2.05) is 14.1 Å². The lowest BCUT2D eigenvalue weighted by Crippen LogP contribution is -2.24. The SMILES string of the molecule is CC(=O)c1ccc(/C(=N\OCc2ncccn2)C(=O)Nc2nc3ccc(OCCCN(C)C)nc3s2)cc1. The third kappa shape index (κ3) is 7.37. The number of rotatable bonds is 12. The van der Waals surface area contributed by atoms with Crippen LogP contribution in [0.1, 0.15) is 35.1 Å². The van der Waals surface area contributed by atoms with E-state index in [-0.39, 0.29) is 18.1 Å². The average molecular weight is 534 g/mol. The van der Waals surface area contributed by atoms with E-state index in [2.05, 4.69) is 35.3 Å². The van der Waals surface area contributed by atoms with Crippen molar-refractivity contribution in [2.75, 3.05) is 32.6 Å². The molecule has 0 aliphatic carbocycles. The highest BCUT2D eigenvalue weighted by atomic mass is 32.1. The fraction of sp³-hybridized carbons (Fsp3) is 0.269. The van der Waals surface area contributed by atoms with Gasteiger partial charge in [-0.3, -0.25) is 14.9 Å². The third-order valence-electron chi connectivity index (χ3n) is 5.20. The van der Waals surface area contributed by atoms with Gasteiger partial charge in [-0.1, -0.05) is 40.8 Å². The van der Waals surface area contributed by atoms with Crippen molar-refractivity contribution in [3.8, 4) is 5.88 Å². The summed E-state index contributed by atoms with van der Waals surface area (Å²) in [5.41, 5.74) is 1.62. The minimum absolute atomic E-state index is 0.00756. The summed E-state index contributed by atoms with van der Waals surface area (Å²) in [5, 5.41) is 7.18. The minimum Gasteiger partial charge on any atom is -0.478 e. The van der Waals surface area contributed by atoms with Gasteiger partial charge in [0.05, 0.1) is 6.61 Å². The smallest absolute Gasteiger partial charge is 0.280 e. The third-order valence-corrected chi connectivity index (χ3v) is 6.08. The number of thiazole rings is 1. The van der Waals surface area contributed by atoms with Crippen LogP contribution in [0.15, 0.2) is 60.0 Å². The number of ketones is 1. The van der Waals surface area contributed by atoms with Crippen LogP contribution >= 0.6 is 11.3 Å². The van der Waals surface area contributed by atoms with Crippen LogP contribution in [0.5, 0.6) is 5.88 Å². The zero-order chi connectivity index (χ0) is 26.9. The Hall–Kier alpha value is -4.29. The van der Waals surface area contributed by atoms with Gasteiger partial charge in [-0.25, -0.2) is 19.9 Å². The Kier molecular flexibility index (Phi) is 9.01. The number of carbonyl (C=O) groups excluding carboxylic acids is 2. The fourth-order valence-corrected chi connectivity index (χ4v) is 4.12. The lowest BCUT2D eigenvalue weighted by atomic mass is 10.1. The molecule has 0 unspecified atom stereocenters. The van der Waals surface area contributed by atoms with Crippen molar-refractivity contribution in [3.05, 3.63) is 71.8 Å². The van der Waals surface area contributed by atoms with Gasteiger partial charge in [-0.2, -0.15) is 0 Å². The second-order valence-electron chi connectivity index (χ2n) is 8.46. The number of nitrogens with zero attached hydrogens (tertiary/aromatic N) is 6. The van der Waals surface area contributed by atoms with Crippen molar-refractivity contribution in [1.82, 2.24) is 24.8 Å². The summed E-state index contributed by atoms with van der Waals surface area (Å²) in [6.07, 6.45) is 4.06. The van der Waals surface area contributed by atoms with E-state index < -0.39 is 5.91 Å². The minimum atomic E-state index is -0.534. The van der Waals surface area contributed by atoms with E-state index >= 15 is 0 Å². The van der Waals surface area contributed by atoms with Gasteiger partial charge in [0.1, 0.15) is 10.3 Å². The molecule has 3 aromatic heterocycles. The first-order valence-corrected chi connectivity index (χ1v) is 12.6. The first kappa shape index (κ1) is 26.8. The number of pyridine rings is 1. The molecule has 3 heterocycles. The highest BCUT2D eigenvalue weighted by Gasteiger charge is 2.19. The quantitative estimate of drug-likeness (QED) is 0.126. The molecular formula is C26H27N7O4S. The normalized spacial score (nSPS) is 11.5. The summed E-state index contributed by atoms with van der Waals surface area (Å²) in [5.74, 6) is 0.302. The molecule has 1 N–H and O–H groups in total. The van der Waals surface area contributed by atoms with E-state index in [1.54, 1.807) is 54.9 Å². The number of hydrogen-bond acceptors (Lipinski definition) is 11. The first-order chi connectivity index (χ1) is 18.4. The summed E-state index contributed by atoms with van der Waals surface area (Å²) < 4.78 is 5.74. The van der Waals surface area contributed by atoms with Crippen molar-refractivity contribution in [1.29, 1.82) is 0 Å². The van der Waals surface area contributed by atoms with Gasteiger partial charge in [0, 0.05) is 36.1 Å². The summed E-state index contributed by atoms with van der Waals surface area (Å²) in [6, 6.07) is 11.8. The van der Waals surface area contributed by atoms with Crippen molar-refractivity contribution < 1.29 is 19.2 Å². The number of nitrogens with one attached hydrogen (secondary N) is 1. The van der Waals surface area contributed by atoms with Crippen LogP contribution in [0.4, 0.5) is 5.13 Å². The Balaban J connectivity index is 1.50. The van der Waals surface area contributed by atoms with E-state index in [4.69, 9.17) is 9.57 Å². The number of carbonyl (C=O) groups is 2. The second kappa shape index (κ2) is 12.8. The van der Waals surface area contributed by atoms with Crippen LogP contribution in [0.25, 0.3) is 10.3 Å². The Bertz CT molecular complexity index is 1420. The Morgan fingerprint density at radius 1 is 1.03 bits per heavy atom. The van der Waals surface area contributed by atoms with Crippen molar-refractivity contribution in [2.45, 2.75) is 20.0 Å². The van der Waals surface area contributed by atoms with Crippen molar-refractivity contribution in [2.24, 2.45) is 5.16 Å². The first-order valence-electron chi connectivity index (χ1n) is 11.8. The van der Waals surface area contributed by atoms with Crippen molar-refractivity contribution >= 4 is 44.2 Å². The van der Waals surface area contributed by atoms with Gasteiger partial charge in [-0.15, -0.1) is 0 Å². The van der Waals surface area contributed by atoms with Gasteiger partial charge in [0.15, 0.2) is 29.1 Å². The maximum absolute atomic E-state index is 13.2. The Morgan fingerprint density at radius 2 is 1.76 bits per heavy atom. The van der Waals surface area contributed by atoms with Crippen LogP contribution < -0.4 is 10.1 Å². The fourth-order valence-electron chi connectivity index (χ4n) is 3.29. The molecule has 0 saturated heterocycles. The van der Waals surface area contributed by atoms with Crippen LogP contribution in [-0.4, -0.2) is 69.5 Å². The average Bonchev–Trinajstić information content (AvgIpc) is 3.31. The predicted molar refractivity (Wildman–Crippen MR) is 145 cm³/mol. The number of anilines is 1. The van der Waals surface area contributed by atoms with Crippen molar-refractivity contribution in [3.63, 3.8) is 0 Å². The number of benzene rings is 1. The zero-order valence-corrected chi connectivity index (χ0v) is 22.1. The predicted octanol–water partition coefficient (Wildman–Crippen LogP) is 3.57. The molecule has 38 heavy (non-hydrogen) atoms. The topological polar surface area (TPSA) is 132 Å². The van der Waals surface area contributed by atoms with Crippen LogP contribution in [0.3, 0.4) is 0 Å². The molecule has 0 atom stereocenters. The molecule has 1 amide bonds. The summed E-state index contributed by atoms with van der Waals surface area (Å²) in [4.78, 5) is 50.2. The van der Waals surface area contributed by atoms with Gasteiger partial charge >= 0.3 is 0 Å². The standard InChI is InChI=1S/C26H27N7O4S/c1-17(34)18-6-8-19(9-7-18)23(32-37-16-21-27-12-4-13-28-21)24(35)31-26-29-20-10-11-22(30-25(20)38-26)36-15-5-14-33(2)3/h4,6-13H,5,14-16H2,1-3H3,(H,29,31,35)/b32-23+. The van der Waals surface area contributed by atoms with Crippen LogP contribution in [-0.2, 0) is 16.2 Å². The number of oxime groups is 1. The molecule has 0 radical (unpaired) electrons. The summed E-state index contributed by atoms with van der Waals surface area (Å²) in [7, 11) is 4.02. The largest absolute Gasteiger partial charge is 0.478 e. The molecule has 4 rings (SSSR count). The van der Waals surface area contributed by atoms with Crippen LogP contribution in [0.2, 0.25) is 0 Å². The van der Waals surface area contributed by atoms with E-state index in [9.17, 15) is 9.59 Å². The highest BCUT2D eigenvalue weighted by molar-refractivity contribution is 7.22. The molecule has 0 spiro atoms. The number of amides is 1. The van der Waals surface area contributed by atoms with Gasteiger partial charge < -0.3 is 14.5 Å². The molecule has 196 valence electrons. The van der Waals surface area contributed by atoms with Gasteiger partial charge in [0.2, 0.25) is 5.88 Å². The van der Waals surface area contributed by atoms with Gasteiger partial charge in [0.25, 0.3) is 5.91 Å². The second-order valence-corrected chi connectivity index (χ2v) is 9.44. The molecule has 0 aliphatic rings. The molecule has 1 aromatic carbocycles. The molecule has 4 aromatic rings. The Morgan fingerprint density at radius 3 is 2.47 bits per heavy atom. The van der Waals surface area contributed by atoms with E-state index in [0.29, 0.717) is 44.9 Å². The lowest BCUT2D eigenvalue weighted by Gasteiger charge is -2.09.